The molecule has 0 spiro atoms. The molecule has 0 aliphatic carbocycles. The van der Waals surface area contributed by atoms with Gasteiger partial charge in [-0.25, -0.2) is 0 Å². The van der Waals surface area contributed by atoms with Crippen molar-refractivity contribution < 1.29 is 0 Å². The van der Waals surface area contributed by atoms with Crippen molar-refractivity contribution in [3.05, 3.63) is 17.6 Å². The van der Waals surface area contributed by atoms with Gasteiger partial charge in [-0.05, 0) is 66.2 Å². The van der Waals surface area contributed by atoms with E-state index in [0.29, 0.717) is 0 Å². The molecule has 12 heavy (non-hydrogen) atoms. The van der Waals surface area contributed by atoms with Crippen LogP contribution in [0.3, 0.4) is 0 Å². The molecular formula is C8H9Br3S. The van der Waals surface area contributed by atoms with Gasteiger partial charge in [-0.3, -0.25) is 0 Å². The average molecular weight is 377 g/mol. The van der Waals surface area contributed by atoms with Gasteiger partial charge in [-0.15, -0.1) is 11.3 Å². The Morgan fingerprint density at radius 3 is 2.25 bits per heavy atom. The minimum Gasteiger partial charge on any atom is -0.120 e. The van der Waals surface area contributed by atoms with Crippen LogP contribution in [0.15, 0.2) is 12.0 Å². The lowest BCUT2D eigenvalue weighted by atomic mass is 10.2. The molecule has 0 amide bonds. The van der Waals surface area contributed by atoms with Gasteiger partial charge >= 0.3 is 0 Å². The van der Waals surface area contributed by atoms with Crippen LogP contribution in [0.1, 0.15) is 25.3 Å². The molecule has 1 aromatic rings. The van der Waals surface area contributed by atoms with Gasteiger partial charge in [-0.2, -0.15) is 0 Å². The summed E-state index contributed by atoms with van der Waals surface area (Å²) in [6.45, 7) is 2.21. The van der Waals surface area contributed by atoms with Crippen molar-refractivity contribution in [3.63, 3.8) is 0 Å². The first-order valence-electron chi connectivity index (χ1n) is 3.79. The summed E-state index contributed by atoms with van der Waals surface area (Å²) >= 11 is 12.4. The summed E-state index contributed by atoms with van der Waals surface area (Å²) in [6.07, 6.45) is 3.65. The second kappa shape index (κ2) is 5.13. The number of halogens is 3. The molecule has 4 heteroatoms. The van der Waals surface area contributed by atoms with Crippen LogP contribution in [-0.2, 0) is 6.42 Å². The molecule has 0 radical (unpaired) electrons. The third-order valence-corrected chi connectivity index (χ3v) is 5.96. The highest BCUT2D eigenvalue weighted by Gasteiger charge is 2.11. The van der Waals surface area contributed by atoms with E-state index in [1.807, 2.05) is 0 Å². The quantitative estimate of drug-likeness (QED) is 0.664. The molecule has 68 valence electrons. The summed E-state index contributed by atoms with van der Waals surface area (Å²) in [5.41, 5.74) is 1.40. The summed E-state index contributed by atoms with van der Waals surface area (Å²) in [5.74, 6) is 0. The molecule has 0 aliphatic heterocycles. The van der Waals surface area contributed by atoms with E-state index in [4.69, 9.17) is 0 Å². The van der Waals surface area contributed by atoms with Crippen molar-refractivity contribution in [1.82, 2.24) is 0 Å². The van der Waals surface area contributed by atoms with Crippen LogP contribution >= 0.6 is 59.1 Å². The highest BCUT2D eigenvalue weighted by molar-refractivity contribution is 9.14. The summed E-state index contributed by atoms with van der Waals surface area (Å²) in [7, 11) is 0. The van der Waals surface area contributed by atoms with Gasteiger partial charge in [0.2, 0.25) is 0 Å². The Labute approximate surface area is 102 Å². The molecule has 0 fully saturated rings. The molecule has 0 aliphatic rings. The Bertz CT molecular complexity index is 268. The fourth-order valence-corrected chi connectivity index (χ4v) is 4.94. The lowest BCUT2D eigenvalue weighted by Crippen LogP contribution is -1.82. The molecule has 1 heterocycles. The molecule has 0 bridgehead atoms. The number of hydrogen-bond donors (Lipinski definition) is 0. The van der Waals surface area contributed by atoms with Crippen molar-refractivity contribution >= 4 is 59.1 Å². The van der Waals surface area contributed by atoms with Gasteiger partial charge in [0.25, 0.3) is 0 Å². The van der Waals surface area contributed by atoms with Crippen LogP contribution in [-0.4, -0.2) is 0 Å². The first kappa shape index (κ1) is 11.2. The van der Waals surface area contributed by atoms with Gasteiger partial charge in [0.15, 0.2) is 0 Å². The van der Waals surface area contributed by atoms with Crippen molar-refractivity contribution in [2.45, 2.75) is 26.2 Å². The first-order valence-corrected chi connectivity index (χ1v) is 6.98. The number of thiophene rings is 1. The lowest BCUT2D eigenvalue weighted by molar-refractivity contribution is 0.793. The molecular weight excluding hydrogens is 368 g/mol. The minimum atomic E-state index is 1.15. The zero-order valence-electron chi connectivity index (χ0n) is 6.66. The Balaban J connectivity index is 2.82. The highest BCUT2D eigenvalue weighted by atomic mass is 79.9. The van der Waals surface area contributed by atoms with E-state index in [-0.39, 0.29) is 0 Å². The molecule has 0 aromatic carbocycles. The van der Waals surface area contributed by atoms with Gasteiger partial charge in [0.05, 0.1) is 7.57 Å². The second-order valence-corrected chi connectivity index (χ2v) is 6.99. The molecule has 0 nitrogen and oxygen atoms in total. The topological polar surface area (TPSA) is 0 Å². The zero-order valence-corrected chi connectivity index (χ0v) is 12.2. The van der Waals surface area contributed by atoms with Gasteiger partial charge in [0.1, 0.15) is 0 Å². The fraction of sp³-hybridized carbons (Fsp3) is 0.500. The van der Waals surface area contributed by atoms with Gasteiger partial charge in [0, 0.05) is 4.47 Å². The Morgan fingerprint density at radius 2 is 1.83 bits per heavy atom. The first-order chi connectivity index (χ1) is 5.66. The lowest BCUT2D eigenvalue weighted by Gasteiger charge is -1.97. The molecule has 1 aromatic heterocycles. The van der Waals surface area contributed by atoms with E-state index in [2.05, 4.69) is 54.7 Å². The average Bonchev–Trinajstić information content (AvgIpc) is 2.25. The predicted octanol–water partition coefficient (Wildman–Crippen LogP) is 5.38. The summed E-state index contributed by atoms with van der Waals surface area (Å²) in [6, 6.07) is 0. The molecule has 0 saturated carbocycles. The van der Waals surface area contributed by atoms with Crippen LogP contribution in [0, 0.1) is 0 Å². The monoisotopic (exact) mass is 374 g/mol. The largest absolute Gasteiger partial charge is 0.120 e. The van der Waals surface area contributed by atoms with Crippen LogP contribution < -0.4 is 0 Å². The van der Waals surface area contributed by atoms with Crippen LogP contribution in [0.2, 0.25) is 0 Å². The normalized spacial score (nSPS) is 10.7. The van der Waals surface area contributed by atoms with Crippen molar-refractivity contribution in [1.29, 1.82) is 0 Å². The van der Waals surface area contributed by atoms with Crippen LogP contribution in [0.25, 0.3) is 0 Å². The third kappa shape index (κ3) is 2.56. The zero-order chi connectivity index (χ0) is 9.14. The summed E-state index contributed by atoms with van der Waals surface area (Å²) < 4.78 is 3.64. The van der Waals surface area contributed by atoms with E-state index in [1.54, 1.807) is 11.3 Å². The SMILES string of the molecule is CCCCc1c(Br)sc(Br)c1Br. The van der Waals surface area contributed by atoms with E-state index in [9.17, 15) is 0 Å². The molecule has 0 unspecified atom stereocenters. The molecule has 0 atom stereocenters. The minimum absolute atomic E-state index is 1.15. The van der Waals surface area contributed by atoms with Crippen LogP contribution in [0.5, 0.6) is 0 Å². The maximum atomic E-state index is 3.56. The highest BCUT2D eigenvalue weighted by Crippen LogP contribution is 2.41. The van der Waals surface area contributed by atoms with Gasteiger partial charge in [-0.1, -0.05) is 13.3 Å². The maximum Gasteiger partial charge on any atom is 0.0855 e. The fourth-order valence-electron chi connectivity index (χ4n) is 0.952. The predicted molar refractivity (Wildman–Crippen MR) is 66.0 cm³/mol. The van der Waals surface area contributed by atoms with Crippen molar-refractivity contribution in [2.75, 3.05) is 0 Å². The number of unbranched alkanes of at least 4 members (excludes halogenated alkanes) is 1. The third-order valence-electron chi connectivity index (χ3n) is 1.63. The molecule has 1 rings (SSSR count). The van der Waals surface area contributed by atoms with E-state index in [1.165, 1.54) is 30.5 Å². The van der Waals surface area contributed by atoms with E-state index < -0.39 is 0 Å². The van der Waals surface area contributed by atoms with Gasteiger partial charge < -0.3 is 0 Å². The Hall–Kier alpha value is 1.14. The van der Waals surface area contributed by atoms with E-state index >= 15 is 0 Å². The van der Waals surface area contributed by atoms with Crippen molar-refractivity contribution in [3.8, 4) is 0 Å². The van der Waals surface area contributed by atoms with Crippen molar-refractivity contribution in [2.24, 2.45) is 0 Å². The van der Waals surface area contributed by atoms with Crippen LogP contribution in [0.4, 0.5) is 0 Å². The Morgan fingerprint density at radius 1 is 1.17 bits per heavy atom. The second-order valence-electron chi connectivity index (χ2n) is 2.55. The Kier molecular flexibility index (Phi) is 4.79. The standard InChI is InChI=1S/C8H9Br3S/c1-2-3-4-5-6(9)8(11)12-7(5)10/h2-4H2,1H3. The molecule has 0 saturated heterocycles. The number of hydrogen-bond acceptors (Lipinski definition) is 1. The molecule has 0 N–H and O–H groups in total. The smallest absolute Gasteiger partial charge is 0.0855 e. The van der Waals surface area contributed by atoms with E-state index in [0.717, 1.165) is 6.42 Å². The number of rotatable bonds is 3. The summed E-state index contributed by atoms with van der Waals surface area (Å²) in [5, 5.41) is 0. The maximum absolute atomic E-state index is 3.56. The summed E-state index contributed by atoms with van der Waals surface area (Å²) in [4.78, 5) is 0.